The molecular weight excluding hydrogens is 274 g/mol. The van der Waals surface area contributed by atoms with Crippen LogP contribution in [0.4, 0.5) is 0 Å². The average Bonchev–Trinajstić information content (AvgIpc) is 2.60. The number of hydrogen-bond donors (Lipinski definition) is 1. The first-order chi connectivity index (χ1) is 10.8. The third-order valence-electron chi connectivity index (χ3n) is 4.37. The van der Waals surface area contributed by atoms with Crippen molar-refractivity contribution in [2.45, 2.75) is 12.5 Å². The lowest BCUT2D eigenvalue weighted by Crippen LogP contribution is -2.45. The summed E-state index contributed by atoms with van der Waals surface area (Å²) in [6.07, 6.45) is 0.510. The van der Waals surface area contributed by atoms with Crippen LogP contribution in [-0.4, -0.2) is 38.2 Å². The fourth-order valence-corrected chi connectivity index (χ4v) is 3.28. The number of benzene rings is 2. The molecule has 0 aromatic heterocycles. The molecule has 0 unspecified atom stereocenters. The van der Waals surface area contributed by atoms with Crippen LogP contribution in [0.15, 0.2) is 36.4 Å². The van der Waals surface area contributed by atoms with Gasteiger partial charge in [0.2, 0.25) is 0 Å². The maximum Gasteiger partial charge on any atom is 0.126 e. The second kappa shape index (κ2) is 6.78. The normalized spacial score (nSPS) is 17.1. The highest BCUT2D eigenvalue weighted by Gasteiger charge is 2.24. The molecule has 0 spiro atoms. The number of nitrogens with one attached hydrogen (secondary N) is 1. The molecule has 1 atom stereocenters. The first-order valence-corrected chi connectivity index (χ1v) is 7.72. The van der Waals surface area contributed by atoms with Gasteiger partial charge in [-0.25, -0.2) is 0 Å². The minimum absolute atomic E-state index is 0.142. The number of nitriles is 1. The summed E-state index contributed by atoms with van der Waals surface area (Å²) in [6, 6.07) is 14.9. The van der Waals surface area contributed by atoms with Crippen molar-refractivity contribution in [2.24, 2.45) is 0 Å². The summed E-state index contributed by atoms with van der Waals surface area (Å²) in [5, 5.41) is 15.0. The van der Waals surface area contributed by atoms with Gasteiger partial charge in [0.1, 0.15) is 5.75 Å². The molecule has 22 heavy (non-hydrogen) atoms. The van der Waals surface area contributed by atoms with Crippen molar-refractivity contribution in [3.8, 4) is 11.8 Å². The summed E-state index contributed by atoms with van der Waals surface area (Å²) in [6.45, 7) is 3.92. The molecule has 2 aromatic carbocycles. The van der Waals surface area contributed by atoms with E-state index in [0.717, 1.165) is 37.3 Å². The molecule has 0 radical (unpaired) electrons. The van der Waals surface area contributed by atoms with Crippen LogP contribution in [0.3, 0.4) is 0 Å². The van der Waals surface area contributed by atoms with Gasteiger partial charge in [-0.05, 0) is 17.0 Å². The molecule has 2 aromatic rings. The van der Waals surface area contributed by atoms with E-state index in [1.54, 1.807) is 7.11 Å². The lowest BCUT2D eigenvalue weighted by Gasteiger charge is -2.34. The van der Waals surface area contributed by atoms with E-state index in [-0.39, 0.29) is 6.04 Å². The molecule has 1 heterocycles. The van der Waals surface area contributed by atoms with Crippen LogP contribution in [0.5, 0.6) is 5.75 Å². The van der Waals surface area contributed by atoms with Gasteiger partial charge in [-0.3, -0.25) is 4.90 Å². The van der Waals surface area contributed by atoms with Gasteiger partial charge >= 0.3 is 0 Å². The fourth-order valence-electron chi connectivity index (χ4n) is 3.28. The summed E-state index contributed by atoms with van der Waals surface area (Å²) in [4.78, 5) is 2.41. The summed E-state index contributed by atoms with van der Waals surface area (Å²) in [7, 11) is 1.70. The van der Waals surface area contributed by atoms with E-state index in [1.165, 1.54) is 10.9 Å². The van der Waals surface area contributed by atoms with E-state index < -0.39 is 0 Å². The second-order valence-electron chi connectivity index (χ2n) is 5.57. The second-order valence-corrected chi connectivity index (χ2v) is 5.57. The van der Waals surface area contributed by atoms with E-state index in [0.29, 0.717) is 6.42 Å². The number of nitrogens with zero attached hydrogens (tertiary/aromatic N) is 2. The van der Waals surface area contributed by atoms with E-state index >= 15 is 0 Å². The van der Waals surface area contributed by atoms with Gasteiger partial charge in [-0.1, -0.05) is 30.3 Å². The third kappa shape index (κ3) is 2.78. The SMILES string of the molecule is COc1ccc([C@@H](CC#N)N2CCNCC2)c2ccccc12. The number of ether oxygens (including phenoxy) is 1. The topological polar surface area (TPSA) is 48.3 Å². The van der Waals surface area contributed by atoms with Crippen molar-refractivity contribution in [1.29, 1.82) is 5.26 Å². The zero-order chi connectivity index (χ0) is 15.4. The van der Waals surface area contributed by atoms with Crippen LogP contribution in [0.2, 0.25) is 0 Å². The first-order valence-electron chi connectivity index (χ1n) is 7.72. The molecule has 0 amide bonds. The predicted octanol–water partition coefficient (Wildman–Crippen LogP) is 2.71. The molecule has 0 aliphatic carbocycles. The molecule has 1 saturated heterocycles. The Labute approximate surface area is 131 Å². The minimum Gasteiger partial charge on any atom is -0.496 e. The van der Waals surface area contributed by atoms with Crippen molar-refractivity contribution >= 4 is 10.8 Å². The van der Waals surface area contributed by atoms with Crippen LogP contribution in [0.25, 0.3) is 10.8 Å². The zero-order valence-corrected chi connectivity index (χ0v) is 12.9. The van der Waals surface area contributed by atoms with E-state index in [4.69, 9.17) is 4.74 Å². The molecule has 1 fully saturated rings. The van der Waals surface area contributed by atoms with Crippen LogP contribution in [-0.2, 0) is 0 Å². The highest BCUT2D eigenvalue weighted by atomic mass is 16.5. The van der Waals surface area contributed by atoms with Crippen molar-refractivity contribution in [3.05, 3.63) is 42.0 Å². The van der Waals surface area contributed by atoms with Gasteiger partial charge in [0.15, 0.2) is 0 Å². The Morgan fingerprint density at radius 2 is 1.91 bits per heavy atom. The molecule has 114 valence electrons. The minimum atomic E-state index is 0.142. The highest BCUT2D eigenvalue weighted by Crippen LogP contribution is 2.35. The highest BCUT2D eigenvalue weighted by molar-refractivity contribution is 5.91. The van der Waals surface area contributed by atoms with Crippen molar-refractivity contribution in [1.82, 2.24) is 10.2 Å². The number of rotatable bonds is 4. The largest absolute Gasteiger partial charge is 0.496 e. The Hall–Kier alpha value is -2.09. The van der Waals surface area contributed by atoms with Crippen molar-refractivity contribution in [2.75, 3.05) is 33.3 Å². The van der Waals surface area contributed by atoms with Gasteiger partial charge < -0.3 is 10.1 Å². The Morgan fingerprint density at radius 3 is 2.59 bits per heavy atom. The monoisotopic (exact) mass is 295 g/mol. The molecule has 0 bridgehead atoms. The zero-order valence-electron chi connectivity index (χ0n) is 12.9. The van der Waals surface area contributed by atoms with Gasteiger partial charge in [0.25, 0.3) is 0 Å². The number of hydrogen-bond acceptors (Lipinski definition) is 4. The third-order valence-corrected chi connectivity index (χ3v) is 4.37. The van der Waals surface area contributed by atoms with Crippen LogP contribution < -0.4 is 10.1 Å². The lowest BCUT2D eigenvalue weighted by molar-refractivity contribution is 0.176. The van der Waals surface area contributed by atoms with Crippen LogP contribution >= 0.6 is 0 Å². The summed E-state index contributed by atoms with van der Waals surface area (Å²) in [5.41, 5.74) is 1.22. The number of methoxy groups -OCH3 is 1. The molecule has 4 nitrogen and oxygen atoms in total. The van der Waals surface area contributed by atoms with Gasteiger partial charge in [-0.15, -0.1) is 0 Å². The first kappa shape index (κ1) is 14.8. The summed E-state index contributed by atoms with van der Waals surface area (Å²) in [5.74, 6) is 0.885. The molecular formula is C18H21N3O. The van der Waals surface area contributed by atoms with Crippen molar-refractivity contribution < 1.29 is 4.74 Å². The lowest BCUT2D eigenvalue weighted by atomic mass is 9.95. The molecule has 1 aliphatic heterocycles. The Bertz CT molecular complexity index is 686. The average molecular weight is 295 g/mol. The maximum atomic E-state index is 9.28. The Balaban J connectivity index is 2.07. The van der Waals surface area contributed by atoms with Gasteiger partial charge in [0.05, 0.1) is 19.6 Å². The molecule has 4 heteroatoms. The molecule has 1 N–H and O–H groups in total. The van der Waals surface area contributed by atoms with Crippen LogP contribution in [0, 0.1) is 11.3 Å². The number of fused-ring (bicyclic) bond motifs is 1. The number of piperazine rings is 1. The van der Waals surface area contributed by atoms with Gasteiger partial charge in [-0.2, -0.15) is 5.26 Å². The summed E-state index contributed by atoms with van der Waals surface area (Å²) >= 11 is 0. The van der Waals surface area contributed by atoms with Crippen LogP contribution in [0.1, 0.15) is 18.0 Å². The molecule has 3 rings (SSSR count). The predicted molar refractivity (Wildman–Crippen MR) is 87.9 cm³/mol. The molecule has 1 aliphatic rings. The smallest absolute Gasteiger partial charge is 0.126 e. The maximum absolute atomic E-state index is 9.28. The standard InChI is InChI=1S/C18H21N3O/c1-22-18-7-6-15(14-4-2-3-5-16(14)18)17(8-9-19)21-12-10-20-11-13-21/h2-7,17,20H,8,10-13H2,1H3/t17-/m1/s1. The van der Waals surface area contributed by atoms with E-state index in [2.05, 4.69) is 34.5 Å². The van der Waals surface area contributed by atoms with Crippen molar-refractivity contribution in [3.63, 3.8) is 0 Å². The van der Waals surface area contributed by atoms with E-state index in [1.807, 2.05) is 18.2 Å². The Morgan fingerprint density at radius 1 is 1.18 bits per heavy atom. The summed E-state index contributed by atoms with van der Waals surface area (Å²) < 4.78 is 5.48. The Kier molecular flexibility index (Phi) is 4.57. The molecule has 0 saturated carbocycles. The van der Waals surface area contributed by atoms with Gasteiger partial charge in [0, 0.05) is 37.6 Å². The fraction of sp³-hybridized carbons (Fsp3) is 0.389. The quantitative estimate of drug-likeness (QED) is 0.942. The van der Waals surface area contributed by atoms with E-state index in [9.17, 15) is 5.26 Å².